The quantitative estimate of drug-likeness (QED) is 0.376. The Labute approximate surface area is 220 Å². The van der Waals surface area contributed by atoms with Crippen LogP contribution in [0.4, 0.5) is 13.2 Å². The van der Waals surface area contributed by atoms with Crippen LogP contribution < -0.4 is 10.1 Å². The maximum absolute atomic E-state index is 13.6. The van der Waals surface area contributed by atoms with E-state index in [4.69, 9.17) is 9.84 Å². The predicted octanol–water partition coefficient (Wildman–Crippen LogP) is 2.84. The van der Waals surface area contributed by atoms with Crippen molar-refractivity contribution >= 4 is 34.4 Å². The average molecular weight is 618 g/mol. The lowest BCUT2D eigenvalue weighted by Crippen LogP contribution is -2.57. The van der Waals surface area contributed by atoms with Crippen molar-refractivity contribution in [2.75, 3.05) is 19.7 Å². The van der Waals surface area contributed by atoms with E-state index in [2.05, 4.69) is 5.32 Å². The van der Waals surface area contributed by atoms with Gasteiger partial charge in [-0.2, -0.15) is 13.2 Å². The third-order valence-electron chi connectivity index (χ3n) is 5.58. The molecule has 0 heterocycles. The van der Waals surface area contributed by atoms with Gasteiger partial charge in [0.1, 0.15) is 24.5 Å². The lowest BCUT2D eigenvalue weighted by molar-refractivity contribution is -0.172. The number of hydrogen-bond acceptors (Lipinski definition) is 5. The van der Waals surface area contributed by atoms with Crippen LogP contribution in [0.2, 0.25) is 0 Å². The Morgan fingerprint density at radius 3 is 2.42 bits per heavy atom. The number of hydrogen-bond donors (Lipinski definition) is 3. The molecule has 0 radical (unpaired) electrons. The number of halogens is 4. The second-order valence-corrected chi connectivity index (χ2v) is 9.41. The minimum atomic E-state index is -4.74. The van der Waals surface area contributed by atoms with Gasteiger partial charge in [-0.15, -0.1) is 0 Å². The van der Waals surface area contributed by atoms with Gasteiger partial charge in [-0.05, 0) is 46.4 Å². The molecule has 0 bridgehead atoms. The third kappa shape index (κ3) is 7.68. The summed E-state index contributed by atoms with van der Waals surface area (Å²) in [5.41, 5.74) is 0.567. The van der Waals surface area contributed by atoms with E-state index in [1.54, 1.807) is 54.6 Å². The zero-order valence-electron chi connectivity index (χ0n) is 19.1. The van der Waals surface area contributed by atoms with E-state index in [1.807, 2.05) is 22.6 Å². The Morgan fingerprint density at radius 1 is 1.11 bits per heavy atom. The zero-order chi connectivity index (χ0) is 26.3. The van der Waals surface area contributed by atoms with Crippen molar-refractivity contribution < 1.29 is 37.7 Å². The molecule has 0 fully saturated rings. The van der Waals surface area contributed by atoms with Gasteiger partial charge in [-0.25, -0.2) is 0 Å². The summed E-state index contributed by atoms with van der Waals surface area (Å²) in [4.78, 5) is 26.4. The highest BCUT2D eigenvalue weighted by Gasteiger charge is 2.44. The van der Waals surface area contributed by atoms with Gasteiger partial charge in [0.2, 0.25) is 11.8 Å². The molecule has 3 atom stereocenters. The molecular formula is C25H26F3IN2O5. The lowest BCUT2D eigenvalue weighted by Gasteiger charge is -2.40. The number of amides is 2. The summed E-state index contributed by atoms with van der Waals surface area (Å²) in [6.07, 6.45) is -6.76. The van der Waals surface area contributed by atoms with E-state index in [1.165, 1.54) is 6.08 Å². The maximum atomic E-state index is 13.6. The summed E-state index contributed by atoms with van der Waals surface area (Å²) < 4.78 is 47.3. The molecule has 1 aliphatic rings. The summed E-state index contributed by atoms with van der Waals surface area (Å²) in [5.74, 6) is -1.10. The minimum absolute atomic E-state index is 0.0503. The first-order valence-electron chi connectivity index (χ1n) is 11.2. The van der Waals surface area contributed by atoms with Crippen molar-refractivity contribution in [2.45, 2.75) is 37.3 Å². The summed E-state index contributed by atoms with van der Waals surface area (Å²) in [5, 5.41) is 22.6. The van der Waals surface area contributed by atoms with Gasteiger partial charge in [0, 0.05) is 18.5 Å². The van der Waals surface area contributed by atoms with Gasteiger partial charge in [0.25, 0.3) is 0 Å². The number of nitrogens with one attached hydrogen (secondary N) is 1. The number of para-hydroxylation sites is 1. The Hall–Kier alpha value is -2.64. The number of nitrogens with zero attached hydrogens (tertiary/aromatic N) is 1. The molecule has 3 unspecified atom stereocenters. The standard InChI is InChI=1S/C25H26F3IN2O5/c26-25(27,28)15-31(22(33)12-16-6-2-1-3-7-16)19-13-17(24(35)30-10-11-32)14-21(23(19)34)36-20-9-5-4-8-18(20)29/h1-9,14,19,21,23,32,34H,10-13,15H2,(H,30,35). The highest BCUT2D eigenvalue weighted by Crippen LogP contribution is 2.31. The smallest absolute Gasteiger partial charge is 0.406 e. The van der Waals surface area contributed by atoms with Crippen LogP contribution in [0, 0.1) is 3.57 Å². The third-order valence-corrected chi connectivity index (χ3v) is 6.47. The minimum Gasteiger partial charge on any atom is -0.482 e. The number of aliphatic hydroxyl groups excluding tert-OH is 2. The fraction of sp³-hybridized carbons (Fsp3) is 0.360. The normalized spacial score (nSPS) is 19.8. The molecule has 0 saturated heterocycles. The number of ether oxygens (including phenoxy) is 1. The van der Waals surface area contributed by atoms with Crippen LogP contribution >= 0.6 is 22.6 Å². The van der Waals surface area contributed by atoms with Crippen LogP contribution in [0.1, 0.15) is 12.0 Å². The van der Waals surface area contributed by atoms with E-state index in [-0.39, 0.29) is 31.6 Å². The fourth-order valence-corrected chi connectivity index (χ4v) is 4.44. The van der Waals surface area contributed by atoms with Crippen LogP contribution in [0.5, 0.6) is 5.75 Å². The number of rotatable bonds is 9. The number of carbonyl (C=O) groups is 2. The van der Waals surface area contributed by atoms with Gasteiger partial charge >= 0.3 is 6.18 Å². The van der Waals surface area contributed by atoms with Crippen LogP contribution in [0.25, 0.3) is 0 Å². The van der Waals surface area contributed by atoms with Crippen LogP contribution in [0.3, 0.4) is 0 Å². The van der Waals surface area contributed by atoms with Gasteiger partial charge in [0.05, 0.1) is 22.6 Å². The Bertz CT molecular complexity index is 1080. The van der Waals surface area contributed by atoms with Crippen molar-refractivity contribution in [3.05, 3.63) is 75.4 Å². The van der Waals surface area contributed by atoms with Crippen molar-refractivity contribution in [1.29, 1.82) is 0 Å². The van der Waals surface area contributed by atoms with Gasteiger partial charge in [-0.1, -0.05) is 42.5 Å². The topological polar surface area (TPSA) is 99.1 Å². The first kappa shape index (κ1) is 27.9. The molecule has 36 heavy (non-hydrogen) atoms. The molecule has 1 aliphatic carbocycles. The number of aliphatic hydroxyl groups is 2. The van der Waals surface area contributed by atoms with Gasteiger partial charge < -0.3 is 25.2 Å². The molecule has 0 aromatic heterocycles. The monoisotopic (exact) mass is 618 g/mol. The maximum Gasteiger partial charge on any atom is 0.406 e. The molecule has 3 rings (SSSR count). The largest absolute Gasteiger partial charge is 0.482 e. The Morgan fingerprint density at radius 2 is 1.78 bits per heavy atom. The summed E-state index contributed by atoms with van der Waals surface area (Å²) in [6, 6.07) is 13.8. The van der Waals surface area contributed by atoms with Crippen molar-refractivity contribution in [3.8, 4) is 5.75 Å². The van der Waals surface area contributed by atoms with Crippen LogP contribution in [0.15, 0.2) is 66.2 Å². The first-order valence-corrected chi connectivity index (χ1v) is 12.3. The van der Waals surface area contributed by atoms with Gasteiger partial charge in [-0.3, -0.25) is 9.59 Å². The predicted molar refractivity (Wildman–Crippen MR) is 134 cm³/mol. The summed E-state index contributed by atoms with van der Waals surface area (Å²) >= 11 is 2.01. The first-order chi connectivity index (χ1) is 17.1. The molecule has 0 saturated carbocycles. The van der Waals surface area contributed by atoms with Crippen LogP contribution in [-0.2, 0) is 16.0 Å². The van der Waals surface area contributed by atoms with Crippen molar-refractivity contribution in [1.82, 2.24) is 10.2 Å². The van der Waals surface area contributed by atoms with E-state index in [9.17, 15) is 27.9 Å². The van der Waals surface area contributed by atoms with E-state index in [0.717, 1.165) is 0 Å². The average Bonchev–Trinajstić information content (AvgIpc) is 2.83. The number of alkyl halides is 3. The number of benzene rings is 2. The highest BCUT2D eigenvalue weighted by molar-refractivity contribution is 14.1. The summed E-state index contributed by atoms with van der Waals surface area (Å²) in [6.45, 7) is -1.99. The van der Waals surface area contributed by atoms with E-state index in [0.29, 0.717) is 19.8 Å². The van der Waals surface area contributed by atoms with Crippen molar-refractivity contribution in [3.63, 3.8) is 0 Å². The second-order valence-electron chi connectivity index (χ2n) is 8.25. The Balaban J connectivity index is 1.96. The Kier molecular flexibility index (Phi) is 9.74. The zero-order valence-corrected chi connectivity index (χ0v) is 21.3. The molecule has 3 N–H and O–H groups in total. The molecule has 2 aromatic carbocycles. The van der Waals surface area contributed by atoms with E-state index < -0.39 is 42.8 Å². The molecule has 11 heteroatoms. The molecule has 2 aromatic rings. The molecular weight excluding hydrogens is 592 g/mol. The molecule has 0 aliphatic heterocycles. The fourth-order valence-electron chi connectivity index (χ4n) is 3.92. The highest BCUT2D eigenvalue weighted by atomic mass is 127. The molecule has 0 spiro atoms. The molecule has 194 valence electrons. The molecule has 7 nitrogen and oxygen atoms in total. The van der Waals surface area contributed by atoms with Gasteiger partial charge in [0.15, 0.2) is 0 Å². The van der Waals surface area contributed by atoms with Crippen LogP contribution in [-0.4, -0.2) is 71.0 Å². The molecule has 2 amide bonds. The second kappa shape index (κ2) is 12.5. The van der Waals surface area contributed by atoms with E-state index >= 15 is 0 Å². The summed E-state index contributed by atoms with van der Waals surface area (Å²) in [7, 11) is 0. The van der Waals surface area contributed by atoms with Crippen molar-refractivity contribution in [2.24, 2.45) is 0 Å². The lowest BCUT2D eigenvalue weighted by atomic mass is 9.87. The SMILES string of the molecule is O=C(NCCO)C1=CC(Oc2ccccc2I)C(O)C(N(CC(F)(F)F)C(=O)Cc2ccccc2)C1. The number of carbonyl (C=O) groups excluding carboxylic acids is 2.